The molecule has 0 spiro atoms. The largest absolute Gasteiger partial charge is 0.383 e. The second-order valence-electron chi connectivity index (χ2n) is 4.09. The molecule has 13 heavy (non-hydrogen) atoms. The fourth-order valence-corrected chi connectivity index (χ4v) is 2.39. The lowest BCUT2D eigenvalue weighted by Gasteiger charge is -2.35. The molecule has 0 bridgehead atoms. The highest BCUT2D eigenvalue weighted by Crippen LogP contribution is 2.33. The summed E-state index contributed by atoms with van der Waals surface area (Å²) in [5.74, 6) is 0. The normalized spacial score (nSPS) is 35.5. The van der Waals surface area contributed by atoms with E-state index in [-0.39, 0.29) is 5.54 Å². The summed E-state index contributed by atoms with van der Waals surface area (Å²) in [5.41, 5.74) is -0.0388. The van der Waals surface area contributed by atoms with Gasteiger partial charge in [0.25, 0.3) is 0 Å². The van der Waals surface area contributed by atoms with Crippen molar-refractivity contribution in [2.24, 2.45) is 0 Å². The van der Waals surface area contributed by atoms with E-state index in [9.17, 15) is 4.39 Å². The van der Waals surface area contributed by atoms with E-state index < -0.39 is 6.17 Å². The average molecular weight is 189 g/mol. The van der Waals surface area contributed by atoms with Crippen LogP contribution in [0.15, 0.2) is 0 Å². The minimum Gasteiger partial charge on any atom is -0.383 e. The van der Waals surface area contributed by atoms with Crippen LogP contribution in [0.5, 0.6) is 0 Å². The summed E-state index contributed by atoms with van der Waals surface area (Å²) < 4.78 is 18.4. The molecule has 3 heteroatoms. The molecule has 0 aromatic carbocycles. The molecule has 78 valence electrons. The van der Waals surface area contributed by atoms with E-state index >= 15 is 0 Å². The van der Waals surface area contributed by atoms with Crippen molar-refractivity contribution >= 4 is 0 Å². The van der Waals surface area contributed by atoms with Crippen LogP contribution in [0, 0.1) is 0 Å². The Morgan fingerprint density at radius 1 is 1.62 bits per heavy atom. The minimum absolute atomic E-state index is 0.0388. The molecule has 0 aromatic rings. The fraction of sp³-hybridized carbons (Fsp3) is 1.00. The van der Waals surface area contributed by atoms with Crippen LogP contribution >= 0.6 is 0 Å². The smallest absolute Gasteiger partial charge is 0.115 e. The molecule has 1 saturated heterocycles. The molecular formula is C10H20FNO. The average Bonchev–Trinajstić information content (AvgIpc) is 2.28. The Labute approximate surface area is 80.1 Å². The van der Waals surface area contributed by atoms with E-state index in [4.69, 9.17) is 4.74 Å². The predicted molar refractivity (Wildman–Crippen MR) is 51.7 cm³/mol. The van der Waals surface area contributed by atoms with Gasteiger partial charge in [-0.25, -0.2) is 4.39 Å². The molecule has 1 rings (SSSR count). The topological polar surface area (TPSA) is 12.5 Å². The van der Waals surface area contributed by atoms with Gasteiger partial charge < -0.3 is 4.74 Å². The second-order valence-corrected chi connectivity index (χ2v) is 4.09. The Hall–Kier alpha value is -0.150. The highest BCUT2D eigenvalue weighted by atomic mass is 19.1. The van der Waals surface area contributed by atoms with E-state index in [0.29, 0.717) is 19.6 Å². The van der Waals surface area contributed by atoms with E-state index in [1.54, 1.807) is 7.11 Å². The summed E-state index contributed by atoms with van der Waals surface area (Å²) in [6.45, 7) is 3.35. The first-order valence-corrected chi connectivity index (χ1v) is 4.99. The molecular weight excluding hydrogens is 169 g/mol. The first-order valence-electron chi connectivity index (χ1n) is 4.99. The highest BCUT2D eigenvalue weighted by Gasteiger charge is 2.42. The Morgan fingerprint density at radius 3 is 2.69 bits per heavy atom. The molecule has 1 aliphatic rings. The van der Waals surface area contributed by atoms with Crippen LogP contribution in [0.25, 0.3) is 0 Å². The Morgan fingerprint density at radius 2 is 2.31 bits per heavy atom. The number of hydrogen-bond donors (Lipinski definition) is 0. The third-order valence-electron chi connectivity index (χ3n) is 3.01. The zero-order valence-electron chi connectivity index (χ0n) is 8.85. The molecule has 2 atom stereocenters. The Balaban J connectivity index is 2.65. The monoisotopic (exact) mass is 189 g/mol. The van der Waals surface area contributed by atoms with Crippen LogP contribution in [0.1, 0.15) is 26.2 Å². The molecule has 0 aromatic heterocycles. The summed E-state index contributed by atoms with van der Waals surface area (Å²) in [6.07, 6.45) is 2.07. The lowest BCUT2D eigenvalue weighted by molar-refractivity contribution is 0.0458. The summed E-state index contributed by atoms with van der Waals surface area (Å²) in [5, 5.41) is 0. The van der Waals surface area contributed by atoms with Gasteiger partial charge in [0.1, 0.15) is 6.17 Å². The number of likely N-dealkylation sites (tertiary alicyclic amines) is 1. The number of halogens is 1. The van der Waals surface area contributed by atoms with Gasteiger partial charge in [-0.05, 0) is 13.5 Å². The van der Waals surface area contributed by atoms with Crippen LogP contribution in [0.2, 0.25) is 0 Å². The molecule has 1 fully saturated rings. The van der Waals surface area contributed by atoms with Gasteiger partial charge in [-0.15, -0.1) is 0 Å². The van der Waals surface area contributed by atoms with E-state index in [1.165, 1.54) is 0 Å². The Kier molecular flexibility index (Phi) is 3.68. The van der Waals surface area contributed by atoms with Crippen LogP contribution in [0.4, 0.5) is 4.39 Å². The molecule has 0 saturated carbocycles. The van der Waals surface area contributed by atoms with Crippen molar-refractivity contribution < 1.29 is 9.13 Å². The zero-order chi connectivity index (χ0) is 9.90. The number of ether oxygens (including phenoxy) is 1. The quantitative estimate of drug-likeness (QED) is 0.669. The summed E-state index contributed by atoms with van der Waals surface area (Å²) >= 11 is 0. The van der Waals surface area contributed by atoms with Crippen LogP contribution in [-0.2, 0) is 4.74 Å². The van der Waals surface area contributed by atoms with Crippen molar-refractivity contribution in [2.75, 3.05) is 27.3 Å². The number of rotatable bonds is 4. The number of nitrogens with zero attached hydrogens (tertiary/aromatic N) is 1. The van der Waals surface area contributed by atoms with E-state index in [1.807, 2.05) is 7.05 Å². The molecule has 1 aliphatic heterocycles. The lowest BCUT2D eigenvalue weighted by atomic mass is 9.91. The fourth-order valence-electron chi connectivity index (χ4n) is 2.39. The molecule has 0 amide bonds. The minimum atomic E-state index is -0.674. The lowest BCUT2D eigenvalue weighted by Crippen LogP contribution is -2.45. The van der Waals surface area contributed by atoms with Gasteiger partial charge in [0, 0.05) is 25.6 Å². The molecule has 1 heterocycles. The zero-order valence-corrected chi connectivity index (χ0v) is 8.85. The van der Waals surface area contributed by atoms with Crippen molar-refractivity contribution in [3.05, 3.63) is 0 Å². The van der Waals surface area contributed by atoms with Crippen LogP contribution in [-0.4, -0.2) is 43.9 Å². The molecule has 0 aliphatic carbocycles. The maximum absolute atomic E-state index is 13.2. The maximum Gasteiger partial charge on any atom is 0.115 e. The number of hydrogen-bond acceptors (Lipinski definition) is 2. The number of alkyl halides is 1. The number of likely N-dealkylation sites (N-methyl/N-ethyl adjacent to an activating group) is 1. The van der Waals surface area contributed by atoms with Gasteiger partial charge in [-0.3, -0.25) is 4.90 Å². The van der Waals surface area contributed by atoms with Gasteiger partial charge in [-0.1, -0.05) is 13.3 Å². The van der Waals surface area contributed by atoms with Crippen molar-refractivity contribution in [3.8, 4) is 0 Å². The SMILES string of the molecule is CCCC1(COC)CC(F)CN1C. The van der Waals surface area contributed by atoms with E-state index in [0.717, 1.165) is 12.8 Å². The van der Waals surface area contributed by atoms with Crippen molar-refractivity contribution in [1.82, 2.24) is 4.90 Å². The summed E-state index contributed by atoms with van der Waals surface area (Å²) in [4.78, 5) is 2.12. The first-order chi connectivity index (χ1) is 6.14. The summed E-state index contributed by atoms with van der Waals surface area (Å²) in [7, 11) is 3.69. The van der Waals surface area contributed by atoms with Crippen molar-refractivity contribution in [2.45, 2.75) is 37.9 Å². The first kappa shape index (κ1) is 10.9. The Bertz CT molecular complexity index is 157. The molecule has 0 N–H and O–H groups in total. The molecule has 2 nitrogen and oxygen atoms in total. The molecule has 2 unspecified atom stereocenters. The second kappa shape index (κ2) is 4.38. The maximum atomic E-state index is 13.2. The van der Waals surface area contributed by atoms with Gasteiger partial charge in [0.2, 0.25) is 0 Å². The van der Waals surface area contributed by atoms with Crippen LogP contribution in [0.3, 0.4) is 0 Å². The van der Waals surface area contributed by atoms with Crippen molar-refractivity contribution in [3.63, 3.8) is 0 Å². The molecule has 0 radical (unpaired) electrons. The third kappa shape index (κ3) is 2.20. The van der Waals surface area contributed by atoms with Crippen molar-refractivity contribution in [1.29, 1.82) is 0 Å². The third-order valence-corrected chi connectivity index (χ3v) is 3.01. The van der Waals surface area contributed by atoms with Gasteiger partial charge in [0.05, 0.1) is 6.61 Å². The van der Waals surface area contributed by atoms with E-state index in [2.05, 4.69) is 11.8 Å². The van der Waals surface area contributed by atoms with Crippen LogP contribution < -0.4 is 0 Å². The number of methoxy groups -OCH3 is 1. The van der Waals surface area contributed by atoms with Gasteiger partial charge >= 0.3 is 0 Å². The highest BCUT2D eigenvalue weighted by molar-refractivity contribution is 4.97. The van der Waals surface area contributed by atoms with Gasteiger partial charge in [0.15, 0.2) is 0 Å². The van der Waals surface area contributed by atoms with Gasteiger partial charge in [-0.2, -0.15) is 0 Å². The predicted octanol–water partition coefficient (Wildman–Crippen LogP) is 1.85. The standard InChI is InChI=1S/C10H20FNO/c1-4-5-10(8-13-3)6-9(11)7-12(10)2/h9H,4-8H2,1-3H3. The summed E-state index contributed by atoms with van der Waals surface area (Å²) in [6, 6.07) is 0.